The number of anilines is 1. The number of nitrogens with one attached hydrogen (secondary N) is 2. The first kappa shape index (κ1) is 20.4. The molecule has 0 aliphatic carbocycles. The summed E-state index contributed by atoms with van der Waals surface area (Å²) in [5.41, 5.74) is 3.34. The molecule has 146 valence electrons. The molecular formula is C21H29N3O3. The van der Waals surface area contributed by atoms with Gasteiger partial charge in [0.1, 0.15) is 0 Å². The van der Waals surface area contributed by atoms with Crippen molar-refractivity contribution in [3.05, 3.63) is 47.5 Å². The molecule has 0 saturated heterocycles. The predicted octanol–water partition coefficient (Wildman–Crippen LogP) is 3.64. The van der Waals surface area contributed by atoms with Crippen LogP contribution in [0.5, 0.6) is 17.2 Å². The molecule has 6 heteroatoms. The van der Waals surface area contributed by atoms with Crippen molar-refractivity contribution < 1.29 is 14.2 Å². The predicted molar refractivity (Wildman–Crippen MR) is 111 cm³/mol. The molecule has 0 aliphatic heterocycles. The third-order valence-electron chi connectivity index (χ3n) is 4.06. The summed E-state index contributed by atoms with van der Waals surface area (Å²) in [5, 5.41) is 6.56. The molecular weight excluding hydrogens is 342 g/mol. The molecule has 2 N–H and O–H groups in total. The third-order valence-corrected chi connectivity index (χ3v) is 4.06. The van der Waals surface area contributed by atoms with Crippen LogP contribution in [0.25, 0.3) is 0 Å². The molecule has 0 radical (unpaired) electrons. The molecule has 0 saturated carbocycles. The zero-order valence-corrected chi connectivity index (χ0v) is 16.8. The summed E-state index contributed by atoms with van der Waals surface area (Å²) in [5.74, 6) is 2.45. The minimum Gasteiger partial charge on any atom is -0.493 e. The molecule has 0 fully saturated rings. The van der Waals surface area contributed by atoms with Gasteiger partial charge in [-0.15, -0.1) is 0 Å². The minimum absolute atomic E-state index is 0.562. The van der Waals surface area contributed by atoms with E-state index < -0.39 is 0 Å². The summed E-state index contributed by atoms with van der Waals surface area (Å²) in [6, 6.07) is 12.2. The smallest absolute Gasteiger partial charge is 0.203 e. The van der Waals surface area contributed by atoms with Gasteiger partial charge >= 0.3 is 0 Å². The summed E-state index contributed by atoms with van der Waals surface area (Å²) in [6.45, 7) is 5.57. The molecule has 0 bridgehead atoms. The molecule has 27 heavy (non-hydrogen) atoms. The second-order valence-electron chi connectivity index (χ2n) is 6.04. The number of hydrogen-bond acceptors (Lipinski definition) is 4. The number of methoxy groups -OCH3 is 3. The van der Waals surface area contributed by atoms with Gasteiger partial charge in [0.25, 0.3) is 0 Å². The Labute approximate surface area is 161 Å². The number of hydrogen-bond donors (Lipinski definition) is 2. The molecule has 0 amide bonds. The molecule has 0 heterocycles. The average molecular weight is 371 g/mol. The van der Waals surface area contributed by atoms with Crippen molar-refractivity contribution in [3.63, 3.8) is 0 Å². The number of benzene rings is 2. The van der Waals surface area contributed by atoms with E-state index in [0.29, 0.717) is 29.8 Å². The second kappa shape index (κ2) is 10.3. The zero-order valence-electron chi connectivity index (χ0n) is 16.8. The van der Waals surface area contributed by atoms with E-state index >= 15 is 0 Å². The van der Waals surface area contributed by atoms with Crippen LogP contribution in [-0.2, 0) is 6.42 Å². The number of nitrogens with zero attached hydrogens (tertiary/aromatic N) is 1. The van der Waals surface area contributed by atoms with E-state index in [2.05, 4.69) is 46.8 Å². The minimum atomic E-state index is 0.562. The Balaban J connectivity index is 2.13. The molecule has 2 aromatic rings. The molecule has 0 aliphatic rings. The SMILES string of the molecule is CCNC(=NCCc1ccc(C)cc1)Nc1cc(OC)c(OC)c(OC)c1. The van der Waals surface area contributed by atoms with Crippen molar-refractivity contribution in [3.8, 4) is 17.2 Å². The summed E-state index contributed by atoms with van der Waals surface area (Å²) >= 11 is 0. The Kier molecular flexibility index (Phi) is 7.79. The summed E-state index contributed by atoms with van der Waals surface area (Å²) in [4.78, 5) is 4.66. The summed E-state index contributed by atoms with van der Waals surface area (Å²) < 4.78 is 16.2. The van der Waals surface area contributed by atoms with Gasteiger partial charge in [-0.1, -0.05) is 29.8 Å². The molecule has 2 aromatic carbocycles. The van der Waals surface area contributed by atoms with E-state index in [1.807, 2.05) is 19.1 Å². The normalized spacial score (nSPS) is 11.1. The Bertz CT molecular complexity index is 733. The highest BCUT2D eigenvalue weighted by Crippen LogP contribution is 2.39. The monoisotopic (exact) mass is 371 g/mol. The molecule has 0 unspecified atom stereocenters. The largest absolute Gasteiger partial charge is 0.493 e. The van der Waals surface area contributed by atoms with Crippen LogP contribution in [0.3, 0.4) is 0 Å². The van der Waals surface area contributed by atoms with E-state index in [9.17, 15) is 0 Å². The van der Waals surface area contributed by atoms with Gasteiger partial charge in [-0.2, -0.15) is 0 Å². The molecule has 0 spiro atoms. The van der Waals surface area contributed by atoms with Crippen molar-refractivity contribution in [2.45, 2.75) is 20.3 Å². The van der Waals surface area contributed by atoms with Crippen LogP contribution >= 0.6 is 0 Å². The van der Waals surface area contributed by atoms with Crippen molar-refractivity contribution in [2.24, 2.45) is 4.99 Å². The molecule has 6 nitrogen and oxygen atoms in total. The van der Waals surface area contributed by atoms with Gasteiger partial charge in [-0.25, -0.2) is 0 Å². The van der Waals surface area contributed by atoms with Crippen molar-refractivity contribution >= 4 is 11.6 Å². The van der Waals surface area contributed by atoms with Crippen molar-refractivity contribution in [1.29, 1.82) is 0 Å². The van der Waals surface area contributed by atoms with Crippen LogP contribution in [0, 0.1) is 6.92 Å². The fourth-order valence-electron chi connectivity index (χ4n) is 2.65. The quantitative estimate of drug-likeness (QED) is 0.548. The lowest BCUT2D eigenvalue weighted by Crippen LogP contribution is -2.31. The molecule has 0 aromatic heterocycles. The van der Waals surface area contributed by atoms with Gasteiger partial charge in [0.05, 0.1) is 21.3 Å². The Morgan fingerprint density at radius 2 is 1.59 bits per heavy atom. The van der Waals surface area contributed by atoms with Gasteiger partial charge in [-0.05, 0) is 25.8 Å². The first-order valence-corrected chi connectivity index (χ1v) is 9.02. The van der Waals surface area contributed by atoms with Gasteiger partial charge in [0, 0.05) is 30.9 Å². The van der Waals surface area contributed by atoms with E-state index in [-0.39, 0.29) is 0 Å². The Morgan fingerprint density at radius 1 is 0.963 bits per heavy atom. The lowest BCUT2D eigenvalue weighted by molar-refractivity contribution is 0.324. The van der Waals surface area contributed by atoms with Gasteiger partial charge in [0.2, 0.25) is 5.75 Å². The van der Waals surface area contributed by atoms with E-state index in [1.54, 1.807) is 21.3 Å². The lowest BCUT2D eigenvalue weighted by atomic mass is 10.1. The van der Waals surface area contributed by atoms with Crippen molar-refractivity contribution in [1.82, 2.24) is 5.32 Å². The van der Waals surface area contributed by atoms with Crippen LogP contribution in [0.15, 0.2) is 41.4 Å². The maximum Gasteiger partial charge on any atom is 0.203 e. The van der Waals surface area contributed by atoms with Gasteiger partial charge in [0.15, 0.2) is 17.5 Å². The fourth-order valence-corrected chi connectivity index (χ4v) is 2.65. The van der Waals surface area contributed by atoms with E-state index in [4.69, 9.17) is 14.2 Å². The highest BCUT2D eigenvalue weighted by atomic mass is 16.5. The topological polar surface area (TPSA) is 64.1 Å². The average Bonchev–Trinajstić information content (AvgIpc) is 2.68. The van der Waals surface area contributed by atoms with Gasteiger partial charge < -0.3 is 24.8 Å². The molecule has 0 atom stereocenters. The number of aliphatic imine (C=N–C) groups is 1. The highest BCUT2D eigenvalue weighted by Gasteiger charge is 2.13. The third kappa shape index (κ3) is 5.81. The van der Waals surface area contributed by atoms with Crippen LogP contribution in [0.2, 0.25) is 0 Å². The fraction of sp³-hybridized carbons (Fsp3) is 0.381. The number of aryl methyl sites for hydroxylation is 1. The van der Waals surface area contributed by atoms with E-state index in [0.717, 1.165) is 18.7 Å². The second-order valence-corrected chi connectivity index (χ2v) is 6.04. The number of guanidine groups is 1. The zero-order chi connectivity index (χ0) is 19.6. The Morgan fingerprint density at radius 3 is 2.11 bits per heavy atom. The van der Waals surface area contributed by atoms with Crippen LogP contribution in [0.4, 0.5) is 5.69 Å². The van der Waals surface area contributed by atoms with Crippen LogP contribution in [-0.4, -0.2) is 40.4 Å². The highest BCUT2D eigenvalue weighted by molar-refractivity contribution is 5.94. The first-order chi connectivity index (χ1) is 13.1. The first-order valence-electron chi connectivity index (χ1n) is 9.02. The lowest BCUT2D eigenvalue weighted by Gasteiger charge is -2.16. The Hall–Kier alpha value is -2.89. The van der Waals surface area contributed by atoms with Gasteiger partial charge in [-0.3, -0.25) is 4.99 Å². The number of rotatable bonds is 8. The number of ether oxygens (including phenoxy) is 3. The summed E-state index contributed by atoms with van der Waals surface area (Å²) in [7, 11) is 4.79. The van der Waals surface area contributed by atoms with Crippen LogP contribution < -0.4 is 24.8 Å². The molecule has 2 rings (SSSR count). The van der Waals surface area contributed by atoms with E-state index in [1.165, 1.54) is 11.1 Å². The summed E-state index contributed by atoms with van der Waals surface area (Å²) in [6.07, 6.45) is 0.881. The van der Waals surface area contributed by atoms with Crippen LogP contribution in [0.1, 0.15) is 18.1 Å². The maximum absolute atomic E-state index is 5.40. The standard InChI is InChI=1S/C21H29N3O3/c1-6-22-21(23-12-11-16-9-7-15(2)8-10-16)24-17-13-18(25-3)20(27-5)19(14-17)26-4/h7-10,13-14H,6,11-12H2,1-5H3,(H2,22,23,24). The van der Waals surface area contributed by atoms with Crippen molar-refractivity contribution in [2.75, 3.05) is 39.7 Å². The maximum atomic E-state index is 5.40.